The predicted octanol–water partition coefficient (Wildman–Crippen LogP) is 3.97. The van der Waals surface area contributed by atoms with Crippen molar-refractivity contribution in [2.45, 2.75) is 25.3 Å². The molecule has 23 heavy (non-hydrogen) atoms. The number of anilines is 1. The number of para-hydroxylation sites is 1. The maximum Gasteiger partial charge on any atom is 0.227 e. The number of hydrogen-bond acceptors (Lipinski definition) is 3. The van der Waals surface area contributed by atoms with Crippen molar-refractivity contribution in [3.8, 4) is 11.5 Å². The second kappa shape index (κ2) is 7.99. The van der Waals surface area contributed by atoms with Gasteiger partial charge < -0.3 is 15.8 Å². The molecule has 2 unspecified atom stereocenters. The number of carbonyl (C=O) groups excluding carboxylic acids is 1. The van der Waals surface area contributed by atoms with Gasteiger partial charge in [0, 0.05) is 23.7 Å². The number of amides is 1. The van der Waals surface area contributed by atoms with Crippen LogP contribution in [-0.2, 0) is 4.79 Å². The third-order valence-electron chi connectivity index (χ3n) is 3.92. The Morgan fingerprint density at radius 1 is 1.04 bits per heavy atom. The van der Waals surface area contributed by atoms with Gasteiger partial charge in [0.15, 0.2) is 0 Å². The van der Waals surface area contributed by atoms with E-state index in [9.17, 15) is 4.79 Å². The molecule has 3 rings (SSSR count). The number of nitrogens with one attached hydrogen (secondary N) is 1. The van der Waals surface area contributed by atoms with Gasteiger partial charge in [-0.1, -0.05) is 24.3 Å². The monoisotopic (exact) mass is 332 g/mol. The molecule has 0 spiro atoms. The summed E-state index contributed by atoms with van der Waals surface area (Å²) in [6.07, 6.45) is 2.56. The molecule has 1 aliphatic rings. The van der Waals surface area contributed by atoms with Gasteiger partial charge in [-0.05, 0) is 43.5 Å². The van der Waals surface area contributed by atoms with Crippen LogP contribution in [0.3, 0.4) is 0 Å². The van der Waals surface area contributed by atoms with Crippen molar-refractivity contribution in [2.75, 3.05) is 5.32 Å². The Morgan fingerprint density at radius 2 is 1.78 bits per heavy atom. The maximum absolute atomic E-state index is 12.2. The van der Waals surface area contributed by atoms with Gasteiger partial charge in [-0.3, -0.25) is 4.79 Å². The fourth-order valence-electron chi connectivity index (χ4n) is 2.76. The second-order valence-corrected chi connectivity index (χ2v) is 5.70. The van der Waals surface area contributed by atoms with Gasteiger partial charge in [0.1, 0.15) is 11.5 Å². The predicted molar refractivity (Wildman–Crippen MR) is 94.2 cm³/mol. The zero-order valence-electron chi connectivity index (χ0n) is 12.8. The molecule has 0 bridgehead atoms. The first-order chi connectivity index (χ1) is 10.7. The molecule has 4 nitrogen and oxygen atoms in total. The highest BCUT2D eigenvalue weighted by molar-refractivity contribution is 5.92. The third kappa shape index (κ3) is 4.71. The molecule has 0 heterocycles. The van der Waals surface area contributed by atoms with Crippen LogP contribution >= 0.6 is 12.4 Å². The van der Waals surface area contributed by atoms with Crippen LogP contribution in [0.2, 0.25) is 0 Å². The molecule has 0 saturated heterocycles. The topological polar surface area (TPSA) is 64.4 Å². The Morgan fingerprint density at radius 3 is 2.48 bits per heavy atom. The minimum Gasteiger partial charge on any atom is -0.457 e. The number of benzene rings is 2. The Balaban J connectivity index is 0.00000192. The number of nitrogens with two attached hydrogens (primary N) is 1. The van der Waals surface area contributed by atoms with Crippen molar-refractivity contribution < 1.29 is 9.53 Å². The van der Waals surface area contributed by atoms with Crippen molar-refractivity contribution in [2.24, 2.45) is 11.7 Å². The molecule has 2 atom stereocenters. The number of ether oxygens (including phenoxy) is 1. The molecule has 2 aromatic rings. The SMILES string of the molecule is Cl.NC1CCC(C(=O)Nc2cccc(Oc3ccccc3)c2)C1. The highest BCUT2D eigenvalue weighted by Gasteiger charge is 2.27. The molecule has 1 aliphatic carbocycles. The van der Waals surface area contributed by atoms with Gasteiger partial charge >= 0.3 is 0 Å². The van der Waals surface area contributed by atoms with E-state index >= 15 is 0 Å². The van der Waals surface area contributed by atoms with Crippen molar-refractivity contribution in [3.63, 3.8) is 0 Å². The molecular weight excluding hydrogens is 312 g/mol. The number of carbonyl (C=O) groups is 1. The summed E-state index contributed by atoms with van der Waals surface area (Å²) >= 11 is 0. The molecule has 5 heteroatoms. The van der Waals surface area contributed by atoms with Crippen LogP contribution in [-0.4, -0.2) is 11.9 Å². The Kier molecular flexibility index (Phi) is 6.02. The minimum atomic E-state index is 0. The highest BCUT2D eigenvalue weighted by Crippen LogP contribution is 2.27. The fourth-order valence-corrected chi connectivity index (χ4v) is 2.76. The van der Waals surface area contributed by atoms with Gasteiger partial charge in [0.2, 0.25) is 5.91 Å². The number of rotatable bonds is 4. The number of hydrogen-bond donors (Lipinski definition) is 2. The van der Waals surface area contributed by atoms with Crippen LogP contribution in [0.25, 0.3) is 0 Å². The van der Waals surface area contributed by atoms with Gasteiger partial charge in [0.05, 0.1) is 0 Å². The van der Waals surface area contributed by atoms with E-state index < -0.39 is 0 Å². The largest absolute Gasteiger partial charge is 0.457 e. The number of halogens is 1. The average Bonchev–Trinajstić information content (AvgIpc) is 2.95. The molecule has 1 amide bonds. The molecular formula is C18H21ClN2O2. The molecule has 3 N–H and O–H groups in total. The van der Waals surface area contributed by atoms with E-state index in [0.717, 1.165) is 30.7 Å². The Bertz CT molecular complexity index is 648. The van der Waals surface area contributed by atoms with Crippen molar-refractivity contribution in [3.05, 3.63) is 54.6 Å². The summed E-state index contributed by atoms with van der Waals surface area (Å²) in [6.45, 7) is 0. The molecule has 0 aliphatic heterocycles. The first-order valence-corrected chi connectivity index (χ1v) is 7.60. The first kappa shape index (κ1) is 17.3. The van der Waals surface area contributed by atoms with Crippen LogP contribution in [0.1, 0.15) is 19.3 Å². The lowest BCUT2D eigenvalue weighted by molar-refractivity contribution is -0.119. The van der Waals surface area contributed by atoms with Crippen molar-refractivity contribution >= 4 is 24.0 Å². The van der Waals surface area contributed by atoms with E-state index in [0.29, 0.717) is 5.75 Å². The molecule has 1 saturated carbocycles. The smallest absolute Gasteiger partial charge is 0.227 e. The summed E-state index contributed by atoms with van der Waals surface area (Å²) in [5, 5.41) is 2.96. The average molecular weight is 333 g/mol. The van der Waals surface area contributed by atoms with Gasteiger partial charge in [-0.2, -0.15) is 0 Å². The molecule has 2 aromatic carbocycles. The van der Waals surface area contributed by atoms with Crippen molar-refractivity contribution in [1.29, 1.82) is 0 Å². The van der Waals surface area contributed by atoms with Crippen molar-refractivity contribution in [1.82, 2.24) is 0 Å². The molecule has 0 radical (unpaired) electrons. The van der Waals surface area contributed by atoms with Gasteiger partial charge in [0.25, 0.3) is 0 Å². The van der Waals surface area contributed by atoms with Crippen LogP contribution in [0.4, 0.5) is 5.69 Å². The lowest BCUT2D eigenvalue weighted by atomic mass is 10.1. The standard InChI is InChI=1S/C18H20N2O2.ClH/c19-14-10-9-13(11-14)18(21)20-15-5-4-8-17(12-15)22-16-6-2-1-3-7-16;/h1-8,12-14H,9-11,19H2,(H,20,21);1H. The maximum atomic E-state index is 12.2. The Labute approximate surface area is 142 Å². The summed E-state index contributed by atoms with van der Waals surface area (Å²) < 4.78 is 5.77. The quantitative estimate of drug-likeness (QED) is 0.890. The zero-order valence-corrected chi connectivity index (χ0v) is 13.6. The van der Waals surface area contributed by atoms with E-state index in [4.69, 9.17) is 10.5 Å². The van der Waals surface area contributed by atoms with Crippen LogP contribution in [0.5, 0.6) is 11.5 Å². The van der Waals surface area contributed by atoms with Gasteiger partial charge in [-0.15, -0.1) is 12.4 Å². The van der Waals surface area contributed by atoms with E-state index in [-0.39, 0.29) is 30.3 Å². The highest BCUT2D eigenvalue weighted by atomic mass is 35.5. The molecule has 122 valence electrons. The van der Waals surface area contributed by atoms with Crippen LogP contribution < -0.4 is 15.8 Å². The fraction of sp³-hybridized carbons (Fsp3) is 0.278. The summed E-state index contributed by atoms with van der Waals surface area (Å²) in [7, 11) is 0. The van der Waals surface area contributed by atoms with Crippen LogP contribution in [0, 0.1) is 5.92 Å². The lowest BCUT2D eigenvalue weighted by Crippen LogP contribution is -2.23. The first-order valence-electron chi connectivity index (χ1n) is 7.60. The summed E-state index contributed by atoms with van der Waals surface area (Å²) in [5.74, 6) is 1.54. The zero-order chi connectivity index (χ0) is 15.4. The third-order valence-corrected chi connectivity index (χ3v) is 3.92. The minimum absolute atomic E-state index is 0. The van der Waals surface area contributed by atoms with E-state index in [2.05, 4.69) is 5.32 Å². The van der Waals surface area contributed by atoms with E-state index in [1.54, 1.807) is 0 Å². The van der Waals surface area contributed by atoms with E-state index in [1.807, 2.05) is 54.6 Å². The molecule has 0 aromatic heterocycles. The second-order valence-electron chi connectivity index (χ2n) is 5.70. The van der Waals surface area contributed by atoms with Gasteiger partial charge in [-0.25, -0.2) is 0 Å². The summed E-state index contributed by atoms with van der Waals surface area (Å²) in [4.78, 5) is 12.2. The van der Waals surface area contributed by atoms with E-state index in [1.165, 1.54) is 0 Å². The summed E-state index contributed by atoms with van der Waals surface area (Å²) in [6, 6.07) is 17.2. The summed E-state index contributed by atoms with van der Waals surface area (Å²) in [5.41, 5.74) is 6.62. The van der Waals surface area contributed by atoms with Crippen LogP contribution in [0.15, 0.2) is 54.6 Å². The lowest BCUT2D eigenvalue weighted by Gasteiger charge is -2.12. The normalized spacial score (nSPS) is 19.7. The Hall–Kier alpha value is -2.04. The molecule has 1 fully saturated rings.